The predicted molar refractivity (Wildman–Crippen MR) is 78.9 cm³/mol. The molecule has 0 radical (unpaired) electrons. The number of nitrogens with zero attached hydrogens (tertiary/aromatic N) is 2. The lowest BCUT2D eigenvalue weighted by atomic mass is 10.1. The van der Waals surface area contributed by atoms with Crippen molar-refractivity contribution in [1.29, 1.82) is 0 Å². The molecule has 0 atom stereocenters. The van der Waals surface area contributed by atoms with Crippen LogP contribution in [-0.4, -0.2) is 9.55 Å². The summed E-state index contributed by atoms with van der Waals surface area (Å²) >= 11 is 0. The van der Waals surface area contributed by atoms with E-state index in [4.69, 9.17) is 10.7 Å². The number of nitrogen functional groups attached to an aromatic ring is 1. The van der Waals surface area contributed by atoms with Crippen LogP contribution in [0.15, 0.2) is 24.3 Å². The number of imidazole rings is 1. The van der Waals surface area contributed by atoms with Crippen LogP contribution < -0.4 is 5.73 Å². The van der Waals surface area contributed by atoms with Gasteiger partial charge in [0.15, 0.2) is 0 Å². The third-order valence-corrected chi connectivity index (χ3v) is 4.19. The zero-order valence-electron chi connectivity index (χ0n) is 11.8. The third kappa shape index (κ3) is 2.19. The van der Waals surface area contributed by atoms with Crippen LogP contribution in [0, 0.1) is 5.82 Å². The topological polar surface area (TPSA) is 43.8 Å². The monoisotopic (exact) mass is 273 g/mol. The SMILES string of the molecule is CCn1c(C2CCCC2)nc(-c2ccc(F)cc2)c1N. The Morgan fingerprint density at radius 3 is 2.50 bits per heavy atom. The molecule has 1 saturated carbocycles. The van der Waals surface area contributed by atoms with Crippen molar-refractivity contribution >= 4 is 5.82 Å². The number of aromatic nitrogens is 2. The molecule has 1 aromatic carbocycles. The van der Waals surface area contributed by atoms with Crippen molar-refractivity contribution in [2.45, 2.75) is 45.1 Å². The minimum absolute atomic E-state index is 0.238. The van der Waals surface area contributed by atoms with Crippen LogP contribution in [-0.2, 0) is 6.54 Å². The van der Waals surface area contributed by atoms with E-state index < -0.39 is 0 Å². The lowest BCUT2D eigenvalue weighted by Gasteiger charge is -2.11. The van der Waals surface area contributed by atoms with Gasteiger partial charge in [0.1, 0.15) is 23.2 Å². The zero-order valence-corrected chi connectivity index (χ0v) is 11.8. The summed E-state index contributed by atoms with van der Waals surface area (Å²) < 4.78 is 15.1. The minimum atomic E-state index is -0.238. The molecule has 0 bridgehead atoms. The second-order valence-electron chi connectivity index (χ2n) is 5.44. The second-order valence-corrected chi connectivity index (χ2v) is 5.44. The van der Waals surface area contributed by atoms with Crippen molar-refractivity contribution in [1.82, 2.24) is 9.55 Å². The van der Waals surface area contributed by atoms with Gasteiger partial charge in [-0.25, -0.2) is 9.37 Å². The van der Waals surface area contributed by atoms with Gasteiger partial charge in [0.05, 0.1) is 0 Å². The van der Waals surface area contributed by atoms with Crippen LogP contribution in [0.25, 0.3) is 11.3 Å². The highest BCUT2D eigenvalue weighted by atomic mass is 19.1. The lowest BCUT2D eigenvalue weighted by molar-refractivity contribution is 0.604. The van der Waals surface area contributed by atoms with E-state index >= 15 is 0 Å². The highest BCUT2D eigenvalue weighted by Crippen LogP contribution is 2.37. The number of hydrogen-bond donors (Lipinski definition) is 1. The largest absolute Gasteiger partial charge is 0.383 e. The summed E-state index contributed by atoms with van der Waals surface area (Å²) in [5.74, 6) is 2.08. The molecule has 4 heteroatoms. The number of halogens is 1. The van der Waals surface area contributed by atoms with E-state index in [0.29, 0.717) is 11.7 Å². The van der Waals surface area contributed by atoms with Crippen LogP contribution in [0.3, 0.4) is 0 Å². The van der Waals surface area contributed by atoms with Gasteiger partial charge in [0.25, 0.3) is 0 Å². The Labute approximate surface area is 118 Å². The van der Waals surface area contributed by atoms with Gasteiger partial charge >= 0.3 is 0 Å². The molecule has 2 aromatic rings. The molecule has 1 aliphatic rings. The molecule has 1 fully saturated rings. The number of benzene rings is 1. The first kappa shape index (κ1) is 13.2. The quantitative estimate of drug-likeness (QED) is 0.920. The number of rotatable bonds is 3. The fourth-order valence-corrected chi connectivity index (χ4v) is 3.13. The van der Waals surface area contributed by atoms with Gasteiger partial charge in [-0.3, -0.25) is 0 Å². The molecule has 106 valence electrons. The molecule has 0 amide bonds. The molecule has 0 spiro atoms. The highest BCUT2D eigenvalue weighted by Gasteiger charge is 2.25. The Balaban J connectivity index is 2.05. The van der Waals surface area contributed by atoms with E-state index in [1.165, 1.54) is 37.8 Å². The van der Waals surface area contributed by atoms with E-state index in [9.17, 15) is 4.39 Å². The Hall–Kier alpha value is -1.84. The van der Waals surface area contributed by atoms with Crippen molar-refractivity contribution in [2.75, 3.05) is 5.73 Å². The summed E-state index contributed by atoms with van der Waals surface area (Å²) in [6, 6.07) is 6.39. The summed E-state index contributed by atoms with van der Waals surface area (Å²) in [6.07, 6.45) is 4.93. The molecule has 3 rings (SSSR count). The normalized spacial score (nSPS) is 15.9. The third-order valence-electron chi connectivity index (χ3n) is 4.19. The van der Waals surface area contributed by atoms with E-state index in [1.54, 1.807) is 12.1 Å². The Bertz CT molecular complexity index is 595. The molecule has 1 heterocycles. The maximum Gasteiger partial charge on any atom is 0.131 e. The molecular formula is C16H20FN3. The van der Waals surface area contributed by atoms with Gasteiger partial charge in [-0.2, -0.15) is 0 Å². The van der Waals surface area contributed by atoms with E-state index in [0.717, 1.165) is 23.6 Å². The molecule has 0 saturated heterocycles. The van der Waals surface area contributed by atoms with Crippen molar-refractivity contribution in [3.63, 3.8) is 0 Å². The molecule has 1 aromatic heterocycles. The average Bonchev–Trinajstić information content (AvgIpc) is 3.07. The fourth-order valence-electron chi connectivity index (χ4n) is 3.13. The first-order valence-corrected chi connectivity index (χ1v) is 7.32. The summed E-state index contributed by atoms with van der Waals surface area (Å²) in [6.45, 7) is 2.91. The fraction of sp³-hybridized carbons (Fsp3) is 0.438. The Morgan fingerprint density at radius 2 is 1.90 bits per heavy atom. The van der Waals surface area contributed by atoms with Gasteiger partial charge < -0.3 is 10.3 Å². The van der Waals surface area contributed by atoms with Crippen molar-refractivity contribution in [3.8, 4) is 11.3 Å². The van der Waals surface area contributed by atoms with Gasteiger partial charge in [0.2, 0.25) is 0 Å². The molecule has 3 nitrogen and oxygen atoms in total. The van der Waals surface area contributed by atoms with Crippen LogP contribution in [0.5, 0.6) is 0 Å². The number of anilines is 1. The van der Waals surface area contributed by atoms with E-state index in [1.807, 2.05) is 0 Å². The van der Waals surface area contributed by atoms with Crippen LogP contribution in [0.1, 0.15) is 44.3 Å². The Kier molecular flexibility index (Phi) is 3.47. The summed E-state index contributed by atoms with van der Waals surface area (Å²) in [4.78, 5) is 4.78. The Morgan fingerprint density at radius 1 is 1.25 bits per heavy atom. The summed E-state index contributed by atoms with van der Waals surface area (Å²) in [5.41, 5.74) is 7.93. The summed E-state index contributed by atoms with van der Waals surface area (Å²) in [7, 11) is 0. The summed E-state index contributed by atoms with van der Waals surface area (Å²) in [5, 5.41) is 0. The van der Waals surface area contributed by atoms with E-state index in [-0.39, 0.29) is 5.82 Å². The number of hydrogen-bond acceptors (Lipinski definition) is 2. The van der Waals surface area contributed by atoms with Crippen molar-refractivity contribution in [2.24, 2.45) is 0 Å². The smallest absolute Gasteiger partial charge is 0.131 e. The van der Waals surface area contributed by atoms with Crippen LogP contribution in [0.4, 0.5) is 10.2 Å². The maximum absolute atomic E-state index is 13.0. The first-order chi connectivity index (χ1) is 9.70. The van der Waals surface area contributed by atoms with Gasteiger partial charge in [-0.15, -0.1) is 0 Å². The van der Waals surface area contributed by atoms with Crippen molar-refractivity contribution < 1.29 is 4.39 Å². The molecule has 0 aliphatic heterocycles. The molecule has 20 heavy (non-hydrogen) atoms. The van der Waals surface area contributed by atoms with Gasteiger partial charge in [-0.1, -0.05) is 12.8 Å². The van der Waals surface area contributed by atoms with E-state index in [2.05, 4.69) is 11.5 Å². The molecule has 2 N–H and O–H groups in total. The van der Waals surface area contributed by atoms with Crippen molar-refractivity contribution in [3.05, 3.63) is 35.9 Å². The standard InChI is InChI=1S/C16H20FN3/c1-2-20-15(18)14(11-7-9-13(17)10-8-11)19-16(20)12-5-3-4-6-12/h7-10,12H,2-6,18H2,1H3. The first-order valence-electron chi connectivity index (χ1n) is 7.32. The molecule has 0 unspecified atom stereocenters. The maximum atomic E-state index is 13.0. The zero-order chi connectivity index (χ0) is 14.1. The predicted octanol–water partition coefficient (Wildman–Crippen LogP) is 3.95. The minimum Gasteiger partial charge on any atom is -0.383 e. The average molecular weight is 273 g/mol. The van der Waals surface area contributed by atoms with Gasteiger partial charge in [-0.05, 0) is 44.0 Å². The van der Waals surface area contributed by atoms with Crippen LogP contribution in [0.2, 0.25) is 0 Å². The highest BCUT2D eigenvalue weighted by molar-refractivity contribution is 5.71. The lowest BCUT2D eigenvalue weighted by Crippen LogP contribution is -2.08. The number of nitrogens with two attached hydrogens (primary N) is 1. The molecular weight excluding hydrogens is 253 g/mol. The van der Waals surface area contributed by atoms with Gasteiger partial charge in [0, 0.05) is 18.0 Å². The van der Waals surface area contributed by atoms with Crippen LogP contribution >= 0.6 is 0 Å². The molecule has 1 aliphatic carbocycles. The second kappa shape index (κ2) is 5.27.